The third kappa shape index (κ3) is 3.18. The van der Waals surface area contributed by atoms with E-state index in [1.54, 1.807) is 0 Å². The molecule has 8 heteroatoms. The van der Waals surface area contributed by atoms with E-state index >= 15 is 0 Å². The molecule has 17 heavy (non-hydrogen) atoms. The van der Waals surface area contributed by atoms with Crippen LogP contribution >= 0.6 is 0 Å². The highest BCUT2D eigenvalue weighted by atomic mass is 32.2. The molecule has 1 rings (SSSR count). The molecule has 2 N–H and O–H groups in total. The molecule has 0 spiro atoms. The van der Waals surface area contributed by atoms with E-state index in [4.69, 9.17) is 10.2 Å². The molecule has 0 saturated heterocycles. The summed E-state index contributed by atoms with van der Waals surface area (Å²) < 4.78 is 26.2. The van der Waals surface area contributed by atoms with Crippen molar-refractivity contribution >= 4 is 22.1 Å². The van der Waals surface area contributed by atoms with Crippen molar-refractivity contribution in [2.75, 3.05) is 6.26 Å². The van der Waals surface area contributed by atoms with E-state index in [9.17, 15) is 18.0 Å². The quantitative estimate of drug-likeness (QED) is 0.753. The largest absolute Gasteiger partial charge is 0.478 e. The Morgan fingerprint density at radius 1 is 1.18 bits per heavy atom. The predicted octanol–water partition coefficient (Wildman–Crippen LogP) is 0.421. The molecule has 92 valence electrons. The van der Waals surface area contributed by atoms with E-state index in [1.807, 2.05) is 0 Å². The minimum atomic E-state index is -3.93. The van der Waals surface area contributed by atoms with Crippen LogP contribution in [0.15, 0.2) is 18.2 Å². The zero-order chi connectivity index (χ0) is 13.2. The molecule has 0 heterocycles. The van der Waals surface area contributed by atoms with Crippen molar-refractivity contribution < 1.29 is 32.4 Å². The first-order valence-electron chi connectivity index (χ1n) is 4.21. The lowest BCUT2D eigenvalue weighted by atomic mass is 10.1. The van der Waals surface area contributed by atoms with Crippen molar-refractivity contribution in [2.45, 2.75) is 0 Å². The molecule has 0 atom stereocenters. The first-order valence-corrected chi connectivity index (χ1v) is 6.03. The Kier molecular flexibility index (Phi) is 3.37. The van der Waals surface area contributed by atoms with Crippen LogP contribution in [0.1, 0.15) is 20.7 Å². The van der Waals surface area contributed by atoms with Gasteiger partial charge in [0.1, 0.15) is 5.56 Å². The number of rotatable bonds is 4. The summed E-state index contributed by atoms with van der Waals surface area (Å²) in [5.74, 6) is -3.59. The van der Waals surface area contributed by atoms with Crippen molar-refractivity contribution in [2.24, 2.45) is 0 Å². The average molecular weight is 260 g/mol. The summed E-state index contributed by atoms with van der Waals surface area (Å²) in [6.45, 7) is 0. The molecule has 0 aromatic heterocycles. The Morgan fingerprint density at radius 2 is 1.76 bits per heavy atom. The van der Waals surface area contributed by atoms with Crippen LogP contribution in [0.5, 0.6) is 5.75 Å². The molecule has 0 aliphatic heterocycles. The van der Waals surface area contributed by atoms with E-state index in [2.05, 4.69) is 4.18 Å². The highest BCUT2D eigenvalue weighted by molar-refractivity contribution is 7.86. The second-order valence-corrected chi connectivity index (χ2v) is 4.65. The lowest BCUT2D eigenvalue weighted by Gasteiger charge is -2.08. The van der Waals surface area contributed by atoms with Gasteiger partial charge >= 0.3 is 22.1 Å². The van der Waals surface area contributed by atoms with Crippen molar-refractivity contribution in [1.82, 2.24) is 0 Å². The molecule has 0 aliphatic carbocycles. The van der Waals surface area contributed by atoms with Gasteiger partial charge in [-0.3, -0.25) is 0 Å². The molecule has 0 radical (unpaired) electrons. The number of carboxylic acid groups (broad SMARTS) is 2. The fraction of sp³-hybridized carbons (Fsp3) is 0.111. The van der Waals surface area contributed by atoms with Crippen LogP contribution in [0.25, 0.3) is 0 Å². The van der Waals surface area contributed by atoms with E-state index in [0.717, 1.165) is 18.4 Å². The molecular weight excluding hydrogens is 252 g/mol. The van der Waals surface area contributed by atoms with Crippen molar-refractivity contribution in [3.05, 3.63) is 29.3 Å². The third-order valence-electron chi connectivity index (χ3n) is 1.71. The van der Waals surface area contributed by atoms with Crippen LogP contribution < -0.4 is 4.18 Å². The van der Waals surface area contributed by atoms with Crippen LogP contribution in [0, 0.1) is 0 Å². The van der Waals surface area contributed by atoms with Crippen LogP contribution in [-0.4, -0.2) is 36.8 Å². The molecule has 1 aromatic carbocycles. The molecule has 0 aliphatic rings. The zero-order valence-electron chi connectivity index (χ0n) is 8.58. The molecule has 0 unspecified atom stereocenters. The van der Waals surface area contributed by atoms with Gasteiger partial charge in [-0.25, -0.2) is 9.59 Å². The van der Waals surface area contributed by atoms with Crippen LogP contribution in [-0.2, 0) is 10.1 Å². The van der Waals surface area contributed by atoms with E-state index in [1.165, 1.54) is 6.07 Å². The first kappa shape index (κ1) is 13.0. The van der Waals surface area contributed by atoms with Crippen LogP contribution in [0.3, 0.4) is 0 Å². The summed E-state index contributed by atoms with van der Waals surface area (Å²) >= 11 is 0. The van der Waals surface area contributed by atoms with Gasteiger partial charge in [-0.1, -0.05) is 6.07 Å². The summed E-state index contributed by atoms with van der Waals surface area (Å²) in [6, 6.07) is 3.30. The second-order valence-electron chi connectivity index (χ2n) is 3.08. The van der Waals surface area contributed by atoms with E-state index in [-0.39, 0.29) is 0 Å². The number of aromatic carboxylic acids is 2. The summed E-state index contributed by atoms with van der Waals surface area (Å²) in [7, 11) is -3.93. The minimum Gasteiger partial charge on any atom is -0.478 e. The molecule has 7 nitrogen and oxygen atoms in total. The Balaban J connectivity index is 3.46. The normalized spacial score (nSPS) is 10.9. The first-order chi connectivity index (χ1) is 7.72. The molecule has 0 amide bonds. The van der Waals surface area contributed by atoms with Gasteiger partial charge in [-0.2, -0.15) is 8.42 Å². The maximum absolute atomic E-state index is 10.9. The number of hydrogen-bond acceptors (Lipinski definition) is 5. The van der Waals surface area contributed by atoms with Crippen molar-refractivity contribution in [3.8, 4) is 5.75 Å². The molecular formula is C9H8O7S. The Bertz CT molecular complexity index is 573. The van der Waals surface area contributed by atoms with Gasteiger partial charge in [0.15, 0.2) is 5.75 Å². The van der Waals surface area contributed by atoms with E-state index in [0.29, 0.717) is 0 Å². The van der Waals surface area contributed by atoms with Crippen LogP contribution in [0.2, 0.25) is 0 Å². The van der Waals surface area contributed by atoms with Gasteiger partial charge in [0.25, 0.3) is 0 Å². The lowest BCUT2D eigenvalue weighted by molar-refractivity contribution is 0.0649. The number of carboxylic acids is 2. The fourth-order valence-electron chi connectivity index (χ4n) is 1.16. The van der Waals surface area contributed by atoms with Crippen molar-refractivity contribution in [3.63, 3.8) is 0 Å². The minimum absolute atomic E-state index is 0.528. The Morgan fingerprint density at radius 3 is 2.18 bits per heavy atom. The average Bonchev–Trinajstić information content (AvgIpc) is 2.14. The smallest absolute Gasteiger partial charge is 0.340 e. The summed E-state index contributed by atoms with van der Waals surface area (Å²) in [5.41, 5.74) is -1.25. The third-order valence-corrected chi connectivity index (χ3v) is 2.19. The number of hydrogen-bond donors (Lipinski definition) is 2. The standard InChI is InChI=1S/C9H8O7S/c1-17(14,15)16-6-4-2-3-5(8(10)11)7(6)9(12)13/h2-4H,1H3,(H,10,11)(H,12,13). The molecule has 1 aromatic rings. The monoisotopic (exact) mass is 260 g/mol. The maximum Gasteiger partial charge on any atom is 0.340 e. The Labute approximate surface area is 96.4 Å². The van der Waals surface area contributed by atoms with E-state index < -0.39 is 38.9 Å². The zero-order valence-corrected chi connectivity index (χ0v) is 9.39. The Hall–Kier alpha value is -2.09. The van der Waals surface area contributed by atoms with Gasteiger partial charge in [0.2, 0.25) is 0 Å². The van der Waals surface area contributed by atoms with Gasteiger partial charge in [0.05, 0.1) is 11.8 Å². The van der Waals surface area contributed by atoms with Gasteiger partial charge in [0, 0.05) is 0 Å². The summed E-state index contributed by atoms with van der Waals surface area (Å²) in [5, 5.41) is 17.6. The van der Waals surface area contributed by atoms with Gasteiger partial charge in [-0.15, -0.1) is 0 Å². The predicted molar refractivity (Wildman–Crippen MR) is 55.8 cm³/mol. The number of carbonyl (C=O) groups is 2. The maximum atomic E-state index is 10.9. The highest BCUT2D eigenvalue weighted by Crippen LogP contribution is 2.23. The lowest BCUT2D eigenvalue weighted by Crippen LogP contribution is -2.13. The van der Waals surface area contributed by atoms with Gasteiger partial charge in [-0.05, 0) is 12.1 Å². The molecule has 0 saturated carbocycles. The van der Waals surface area contributed by atoms with Crippen LogP contribution in [0.4, 0.5) is 0 Å². The SMILES string of the molecule is CS(=O)(=O)Oc1cccc(C(=O)O)c1C(=O)O. The van der Waals surface area contributed by atoms with Gasteiger partial charge < -0.3 is 14.4 Å². The molecule has 0 bridgehead atoms. The topological polar surface area (TPSA) is 118 Å². The number of benzene rings is 1. The highest BCUT2D eigenvalue weighted by Gasteiger charge is 2.22. The summed E-state index contributed by atoms with van der Waals surface area (Å²) in [4.78, 5) is 21.7. The summed E-state index contributed by atoms with van der Waals surface area (Å²) in [6.07, 6.45) is 0.728. The van der Waals surface area contributed by atoms with Crippen molar-refractivity contribution in [1.29, 1.82) is 0 Å². The molecule has 0 fully saturated rings. The fourth-order valence-corrected chi connectivity index (χ4v) is 1.63. The second kappa shape index (κ2) is 4.42.